The van der Waals surface area contributed by atoms with Crippen LogP contribution in [-0.2, 0) is 24.2 Å². The van der Waals surface area contributed by atoms with Gasteiger partial charge in [-0.15, -0.1) is 0 Å². The molecule has 6 nitrogen and oxygen atoms in total. The number of aryl methyl sites for hydroxylation is 2. The fourth-order valence-electron chi connectivity index (χ4n) is 4.72. The third-order valence-electron chi connectivity index (χ3n) is 6.30. The molecule has 6 heteroatoms. The summed E-state index contributed by atoms with van der Waals surface area (Å²) in [5, 5.41) is 4.51. The van der Waals surface area contributed by atoms with E-state index in [4.69, 9.17) is 4.98 Å². The average Bonchev–Trinajstić information content (AvgIpc) is 3.33. The first-order chi connectivity index (χ1) is 14.1. The maximum absolute atomic E-state index is 13.3. The SMILES string of the molecule is Cc1ccc2[nH]c(C)c(CC(=O)N3CCCC3c3ncc4c(n3)CCNC4)c2c1. The van der Waals surface area contributed by atoms with Gasteiger partial charge in [0.15, 0.2) is 5.82 Å². The molecular formula is C23H27N5O. The van der Waals surface area contributed by atoms with Gasteiger partial charge in [-0.1, -0.05) is 11.6 Å². The van der Waals surface area contributed by atoms with Crippen molar-refractivity contribution in [2.45, 2.75) is 52.1 Å². The molecule has 2 N–H and O–H groups in total. The number of nitrogens with one attached hydrogen (secondary N) is 2. The highest BCUT2D eigenvalue weighted by atomic mass is 16.2. The zero-order valence-corrected chi connectivity index (χ0v) is 17.1. The molecule has 2 aliphatic rings. The first-order valence-corrected chi connectivity index (χ1v) is 10.5. The molecule has 150 valence electrons. The van der Waals surface area contributed by atoms with Gasteiger partial charge in [0.2, 0.25) is 5.91 Å². The van der Waals surface area contributed by atoms with Crippen molar-refractivity contribution < 1.29 is 4.79 Å². The molecular weight excluding hydrogens is 362 g/mol. The smallest absolute Gasteiger partial charge is 0.227 e. The number of likely N-dealkylation sites (tertiary alicyclic amines) is 1. The number of amides is 1. The van der Waals surface area contributed by atoms with E-state index >= 15 is 0 Å². The standard InChI is InChI=1S/C23H27N5O/c1-14-5-6-20-18(10-14)17(15(2)26-20)11-22(29)28-9-3-4-21(28)23-25-13-16-12-24-8-7-19(16)27-23/h5-6,10,13,21,24,26H,3-4,7-9,11-12H2,1-2H3. The van der Waals surface area contributed by atoms with Crippen LogP contribution in [0.5, 0.6) is 0 Å². The molecule has 2 aromatic heterocycles. The summed E-state index contributed by atoms with van der Waals surface area (Å²) in [5.74, 6) is 0.976. The van der Waals surface area contributed by atoms with Gasteiger partial charge in [-0.05, 0) is 44.4 Å². The molecule has 0 radical (unpaired) electrons. The molecule has 3 aromatic rings. The third-order valence-corrected chi connectivity index (χ3v) is 6.30. The van der Waals surface area contributed by atoms with E-state index in [1.807, 2.05) is 11.1 Å². The number of fused-ring (bicyclic) bond motifs is 2. The van der Waals surface area contributed by atoms with Crippen LogP contribution in [0.3, 0.4) is 0 Å². The van der Waals surface area contributed by atoms with E-state index in [0.717, 1.165) is 72.6 Å². The predicted octanol–water partition coefficient (Wildman–Crippen LogP) is 3.13. The van der Waals surface area contributed by atoms with Gasteiger partial charge in [-0.3, -0.25) is 4.79 Å². The number of aromatic nitrogens is 3. The van der Waals surface area contributed by atoms with E-state index in [0.29, 0.717) is 6.42 Å². The fourth-order valence-corrected chi connectivity index (χ4v) is 4.72. The van der Waals surface area contributed by atoms with Crippen LogP contribution in [0.4, 0.5) is 0 Å². The molecule has 2 aliphatic heterocycles. The minimum atomic E-state index is -0.00469. The third kappa shape index (κ3) is 3.31. The lowest BCUT2D eigenvalue weighted by molar-refractivity contribution is -0.131. The van der Waals surface area contributed by atoms with Gasteiger partial charge in [0.1, 0.15) is 0 Å². The second kappa shape index (κ2) is 7.26. The van der Waals surface area contributed by atoms with Gasteiger partial charge in [0.05, 0.1) is 12.5 Å². The molecule has 0 spiro atoms. The summed E-state index contributed by atoms with van der Waals surface area (Å²) < 4.78 is 0. The molecule has 1 unspecified atom stereocenters. The second-order valence-corrected chi connectivity index (χ2v) is 8.33. The van der Waals surface area contributed by atoms with Crippen LogP contribution < -0.4 is 5.32 Å². The summed E-state index contributed by atoms with van der Waals surface area (Å²) in [6.07, 6.45) is 5.23. The Balaban J connectivity index is 1.41. The van der Waals surface area contributed by atoms with Gasteiger partial charge >= 0.3 is 0 Å². The summed E-state index contributed by atoms with van der Waals surface area (Å²) in [6.45, 7) is 6.72. The van der Waals surface area contributed by atoms with Crippen molar-refractivity contribution in [1.82, 2.24) is 25.2 Å². The Morgan fingerprint density at radius 2 is 2.21 bits per heavy atom. The van der Waals surface area contributed by atoms with E-state index in [2.05, 4.69) is 47.3 Å². The second-order valence-electron chi connectivity index (χ2n) is 8.33. The highest BCUT2D eigenvalue weighted by Crippen LogP contribution is 2.32. The number of carbonyl (C=O) groups excluding carboxylic acids is 1. The number of hydrogen-bond acceptors (Lipinski definition) is 4. The number of aromatic amines is 1. The number of nitrogens with zero attached hydrogens (tertiary/aromatic N) is 3. The van der Waals surface area contributed by atoms with E-state index in [1.165, 1.54) is 11.1 Å². The Kier molecular flexibility index (Phi) is 4.59. The Labute approximate surface area is 170 Å². The van der Waals surface area contributed by atoms with Gasteiger partial charge in [-0.2, -0.15) is 0 Å². The van der Waals surface area contributed by atoms with Crippen LogP contribution in [0.1, 0.15) is 52.8 Å². The summed E-state index contributed by atoms with van der Waals surface area (Å²) in [4.78, 5) is 28.2. The van der Waals surface area contributed by atoms with Gasteiger partial charge in [0.25, 0.3) is 0 Å². The Hall–Kier alpha value is -2.73. The Morgan fingerprint density at radius 3 is 3.10 bits per heavy atom. The highest BCUT2D eigenvalue weighted by Gasteiger charge is 2.33. The zero-order chi connectivity index (χ0) is 20.0. The fraction of sp³-hybridized carbons (Fsp3) is 0.435. The lowest BCUT2D eigenvalue weighted by Crippen LogP contribution is -2.33. The summed E-state index contributed by atoms with van der Waals surface area (Å²) >= 11 is 0. The van der Waals surface area contributed by atoms with Crippen molar-refractivity contribution >= 4 is 16.8 Å². The van der Waals surface area contributed by atoms with Crippen LogP contribution in [-0.4, -0.2) is 38.8 Å². The molecule has 1 amide bonds. The van der Waals surface area contributed by atoms with E-state index in [1.54, 1.807) is 0 Å². The van der Waals surface area contributed by atoms with Gasteiger partial charge < -0.3 is 15.2 Å². The monoisotopic (exact) mass is 389 g/mol. The van der Waals surface area contributed by atoms with E-state index < -0.39 is 0 Å². The first-order valence-electron chi connectivity index (χ1n) is 10.5. The molecule has 0 bridgehead atoms. The van der Waals surface area contributed by atoms with Gasteiger partial charge in [0, 0.05) is 60.1 Å². The van der Waals surface area contributed by atoms with Crippen molar-refractivity contribution in [3.05, 3.63) is 58.3 Å². The largest absolute Gasteiger partial charge is 0.358 e. The minimum absolute atomic E-state index is 0.00469. The number of hydrogen-bond donors (Lipinski definition) is 2. The molecule has 1 atom stereocenters. The number of H-pyrrole nitrogens is 1. The first kappa shape index (κ1) is 18.3. The lowest BCUT2D eigenvalue weighted by Gasteiger charge is -2.25. The van der Waals surface area contributed by atoms with E-state index in [9.17, 15) is 4.79 Å². The molecule has 0 aliphatic carbocycles. The Morgan fingerprint density at radius 1 is 1.31 bits per heavy atom. The summed E-state index contributed by atoms with van der Waals surface area (Å²) in [7, 11) is 0. The van der Waals surface area contributed by atoms with Crippen molar-refractivity contribution in [3.8, 4) is 0 Å². The summed E-state index contributed by atoms with van der Waals surface area (Å²) in [6, 6.07) is 6.36. The number of carbonyl (C=O) groups is 1. The van der Waals surface area contributed by atoms with Crippen molar-refractivity contribution in [1.29, 1.82) is 0 Å². The molecule has 1 saturated heterocycles. The molecule has 29 heavy (non-hydrogen) atoms. The predicted molar refractivity (Wildman–Crippen MR) is 113 cm³/mol. The molecule has 1 fully saturated rings. The average molecular weight is 390 g/mol. The van der Waals surface area contributed by atoms with Gasteiger partial charge in [-0.25, -0.2) is 9.97 Å². The lowest BCUT2D eigenvalue weighted by atomic mass is 10.0. The molecule has 5 rings (SSSR count). The molecule has 1 aromatic carbocycles. The van der Waals surface area contributed by atoms with Crippen molar-refractivity contribution in [3.63, 3.8) is 0 Å². The van der Waals surface area contributed by atoms with Crippen LogP contribution in [0, 0.1) is 13.8 Å². The van der Waals surface area contributed by atoms with Crippen molar-refractivity contribution in [2.75, 3.05) is 13.1 Å². The Bertz CT molecular complexity index is 1090. The minimum Gasteiger partial charge on any atom is -0.358 e. The quantitative estimate of drug-likeness (QED) is 0.722. The molecule has 0 saturated carbocycles. The molecule has 4 heterocycles. The maximum atomic E-state index is 13.3. The number of benzene rings is 1. The van der Waals surface area contributed by atoms with Crippen LogP contribution in [0.25, 0.3) is 10.9 Å². The topological polar surface area (TPSA) is 73.9 Å². The highest BCUT2D eigenvalue weighted by molar-refractivity contribution is 5.90. The van der Waals surface area contributed by atoms with Crippen LogP contribution in [0.2, 0.25) is 0 Å². The zero-order valence-electron chi connectivity index (χ0n) is 17.1. The normalized spacial score (nSPS) is 19.0. The number of rotatable bonds is 3. The van der Waals surface area contributed by atoms with Crippen LogP contribution in [0.15, 0.2) is 24.4 Å². The van der Waals surface area contributed by atoms with Crippen molar-refractivity contribution in [2.24, 2.45) is 0 Å². The maximum Gasteiger partial charge on any atom is 0.227 e. The van der Waals surface area contributed by atoms with Crippen LogP contribution >= 0.6 is 0 Å². The van der Waals surface area contributed by atoms with E-state index in [-0.39, 0.29) is 11.9 Å². The summed E-state index contributed by atoms with van der Waals surface area (Å²) in [5.41, 5.74) is 6.81.